The van der Waals surface area contributed by atoms with Crippen molar-refractivity contribution < 1.29 is 22.5 Å². The van der Waals surface area contributed by atoms with E-state index < -0.39 is 15.6 Å². The topological polar surface area (TPSA) is 127 Å². The Morgan fingerprint density at radius 3 is 2.60 bits per heavy atom. The number of hydrogen-bond acceptors (Lipinski definition) is 8. The molecule has 10 nitrogen and oxygen atoms in total. The molecule has 1 saturated carbocycles. The number of benzene rings is 1. The van der Waals surface area contributed by atoms with E-state index >= 15 is 0 Å². The van der Waals surface area contributed by atoms with Crippen molar-refractivity contribution in [2.24, 2.45) is 4.99 Å². The van der Waals surface area contributed by atoms with Gasteiger partial charge in [-0.15, -0.1) is 0 Å². The van der Waals surface area contributed by atoms with Crippen LogP contribution in [0.25, 0.3) is 11.3 Å². The third kappa shape index (κ3) is 6.38. The predicted octanol–water partition coefficient (Wildman–Crippen LogP) is 6.32. The van der Waals surface area contributed by atoms with Crippen molar-refractivity contribution >= 4 is 27.7 Å². The average molecular weight is 608 g/mol. The number of anilines is 1. The Hall–Kier alpha value is -3.57. The smallest absolute Gasteiger partial charge is 0.266 e. The molecule has 3 heterocycles. The third-order valence-electron chi connectivity index (χ3n) is 8.30. The number of aryl methyl sites for hydroxylation is 1. The fraction of sp³-hybridized carbons (Fsp3) is 0.500. The molecule has 1 aromatic carbocycles. The van der Waals surface area contributed by atoms with Gasteiger partial charge in [-0.1, -0.05) is 56.5 Å². The lowest BCUT2D eigenvalue weighted by atomic mass is 9.97. The molecule has 0 saturated heterocycles. The maximum atomic E-state index is 13.7. The Bertz CT molecular complexity index is 1610. The van der Waals surface area contributed by atoms with E-state index in [1.165, 1.54) is 6.07 Å². The van der Waals surface area contributed by atoms with Gasteiger partial charge in [-0.2, -0.15) is 0 Å². The highest BCUT2D eigenvalue weighted by Gasteiger charge is 2.49. The standard InChI is InChI=1S/C32H41N5O5S/c1-5-7-12-28-34-32(15-8-9-16-32)31(38)37(28)20-24-13-14-26(25(19-24)21-41-18-6-2)29-27(11-10-17-33-29)43(39,40)36-30-22(3)23(4)35-42-30/h10-11,13-14,17,19,36H,5-9,12,15-16,18,20-21H2,1-4H3. The normalized spacial score (nSPS) is 16.3. The molecule has 1 amide bonds. The first-order chi connectivity index (χ1) is 20.7. The summed E-state index contributed by atoms with van der Waals surface area (Å²) >= 11 is 0. The molecule has 2 aliphatic rings. The summed E-state index contributed by atoms with van der Waals surface area (Å²) in [6.45, 7) is 8.91. The number of aliphatic imine (C=N–C) groups is 1. The van der Waals surface area contributed by atoms with Gasteiger partial charge in [-0.3, -0.25) is 19.7 Å². The van der Waals surface area contributed by atoms with Crippen LogP contribution in [-0.2, 0) is 32.7 Å². The monoisotopic (exact) mass is 607 g/mol. The molecule has 1 N–H and O–H groups in total. The number of hydrogen-bond donors (Lipinski definition) is 1. The molecule has 11 heteroatoms. The summed E-state index contributed by atoms with van der Waals surface area (Å²) < 4.78 is 40.9. The molecule has 43 heavy (non-hydrogen) atoms. The van der Waals surface area contributed by atoms with Crippen molar-refractivity contribution in [3.05, 3.63) is 58.9 Å². The number of aromatic nitrogens is 2. The number of ether oxygens (including phenoxy) is 1. The van der Waals surface area contributed by atoms with Crippen LogP contribution in [0.3, 0.4) is 0 Å². The van der Waals surface area contributed by atoms with Crippen LogP contribution in [0.4, 0.5) is 5.88 Å². The van der Waals surface area contributed by atoms with E-state index in [9.17, 15) is 13.2 Å². The summed E-state index contributed by atoms with van der Waals surface area (Å²) in [5, 5.41) is 3.86. The van der Waals surface area contributed by atoms with Gasteiger partial charge in [-0.05, 0) is 62.8 Å². The first-order valence-corrected chi connectivity index (χ1v) is 16.7. The summed E-state index contributed by atoms with van der Waals surface area (Å²) in [4.78, 5) is 25.1. The summed E-state index contributed by atoms with van der Waals surface area (Å²) in [5.41, 5.74) is 3.29. The number of nitrogens with one attached hydrogen (secondary N) is 1. The van der Waals surface area contributed by atoms with Crippen molar-refractivity contribution in [1.82, 2.24) is 15.0 Å². The Kier molecular flexibility index (Phi) is 9.31. The van der Waals surface area contributed by atoms with Gasteiger partial charge in [0.1, 0.15) is 16.3 Å². The minimum absolute atomic E-state index is 0.0137. The molecule has 1 aliphatic heterocycles. The van der Waals surface area contributed by atoms with E-state index in [-0.39, 0.29) is 23.3 Å². The number of unbranched alkanes of at least 4 members (excludes halogenated alkanes) is 1. The number of pyridine rings is 1. The Labute approximate surface area is 254 Å². The summed E-state index contributed by atoms with van der Waals surface area (Å²) in [6.07, 6.45) is 8.88. The van der Waals surface area contributed by atoms with Crippen molar-refractivity contribution in [2.45, 2.75) is 103 Å². The van der Waals surface area contributed by atoms with E-state index in [4.69, 9.17) is 14.3 Å². The number of sulfonamides is 1. The fourth-order valence-electron chi connectivity index (χ4n) is 5.80. The second-order valence-corrected chi connectivity index (χ2v) is 13.1. The van der Waals surface area contributed by atoms with Crippen molar-refractivity contribution in [3.8, 4) is 11.3 Å². The first kappa shape index (κ1) is 30.9. The second-order valence-electron chi connectivity index (χ2n) is 11.5. The van der Waals surface area contributed by atoms with Crippen LogP contribution < -0.4 is 4.72 Å². The second kappa shape index (κ2) is 13.0. The molecule has 0 atom stereocenters. The zero-order valence-corrected chi connectivity index (χ0v) is 26.3. The molecule has 230 valence electrons. The third-order valence-corrected chi connectivity index (χ3v) is 9.66. The molecular formula is C32H41N5O5S. The first-order valence-electron chi connectivity index (χ1n) is 15.2. The highest BCUT2D eigenvalue weighted by atomic mass is 32.2. The van der Waals surface area contributed by atoms with Gasteiger partial charge in [-0.25, -0.2) is 13.1 Å². The molecule has 1 spiro atoms. The summed E-state index contributed by atoms with van der Waals surface area (Å²) in [6, 6.07) is 8.92. The zero-order valence-electron chi connectivity index (χ0n) is 25.5. The van der Waals surface area contributed by atoms with Gasteiger partial charge in [0.15, 0.2) is 0 Å². The summed E-state index contributed by atoms with van der Waals surface area (Å²) in [7, 11) is -4.06. The molecule has 0 radical (unpaired) electrons. The molecule has 3 aromatic rings. The lowest BCUT2D eigenvalue weighted by molar-refractivity contribution is -0.131. The largest absolute Gasteiger partial charge is 0.377 e. The van der Waals surface area contributed by atoms with Crippen LogP contribution in [0.15, 0.2) is 50.9 Å². The van der Waals surface area contributed by atoms with Crippen LogP contribution in [0.1, 0.15) is 87.6 Å². The van der Waals surface area contributed by atoms with E-state index in [2.05, 4.69) is 21.8 Å². The molecule has 0 unspecified atom stereocenters. The van der Waals surface area contributed by atoms with Crippen LogP contribution in [0, 0.1) is 13.8 Å². The lowest BCUT2D eigenvalue weighted by Crippen LogP contribution is -2.40. The minimum atomic E-state index is -4.06. The molecule has 0 bridgehead atoms. The maximum absolute atomic E-state index is 13.7. The lowest BCUT2D eigenvalue weighted by Gasteiger charge is -2.23. The zero-order chi connectivity index (χ0) is 30.6. The van der Waals surface area contributed by atoms with E-state index in [1.54, 1.807) is 26.1 Å². The molecule has 5 rings (SSSR count). The maximum Gasteiger partial charge on any atom is 0.266 e. The van der Waals surface area contributed by atoms with Gasteiger partial charge in [0, 0.05) is 30.4 Å². The number of nitrogens with zero attached hydrogens (tertiary/aromatic N) is 4. The Balaban J connectivity index is 1.49. The van der Waals surface area contributed by atoms with Gasteiger partial charge in [0.05, 0.1) is 24.5 Å². The Morgan fingerprint density at radius 1 is 1.12 bits per heavy atom. The van der Waals surface area contributed by atoms with Gasteiger partial charge in [0.2, 0.25) is 5.88 Å². The van der Waals surface area contributed by atoms with E-state index in [1.807, 2.05) is 30.0 Å². The summed E-state index contributed by atoms with van der Waals surface area (Å²) in [5.74, 6) is 1.06. The number of rotatable bonds is 13. The quantitative estimate of drug-likeness (QED) is 0.225. The fourth-order valence-corrected chi connectivity index (χ4v) is 7.02. The van der Waals surface area contributed by atoms with Crippen LogP contribution in [0.5, 0.6) is 0 Å². The van der Waals surface area contributed by atoms with Crippen LogP contribution in [-0.4, -0.2) is 47.3 Å². The number of carbonyl (C=O) groups excluding carboxylic acids is 1. The van der Waals surface area contributed by atoms with Crippen molar-refractivity contribution in [3.63, 3.8) is 0 Å². The van der Waals surface area contributed by atoms with Gasteiger partial charge >= 0.3 is 0 Å². The molecule has 1 fully saturated rings. The minimum Gasteiger partial charge on any atom is -0.377 e. The van der Waals surface area contributed by atoms with Crippen LogP contribution >= 0.6 is 0 Å². The number of amidine groups is 1. The molecule has 1 aliphatic carbocycles. The van der Waals surface area contributed by atoms with Crippen molar-refractivity contribution in [2.75, 3.05) is 11.3 Å². The highest BCUT2D eigenvalue weighted by Crippen LogP contribution is 2.40. The number of amides is 1. The predicted molar refractivity (Wildman–Crippen MR) is 165 cm³/mol. The SMILES string of the molecule is CCCCC1=NC2(CCCC2)C(=O)N1Cc1ccc(-c2ncccc2S(=O)(=O)Nc2onc(C)c2C)c(COCCC)c1. The van der Waals surface area contributed by atoms with E-state index in [0.29, 0.717) is 35.7 Å². The van der Waals surface area contributed by atoms with Crippen LogP contribution in [0.2, 0.25) is 0 Å². The number of carbonyl (C=O) groups is 1. The highest BCUT2D eigenvalue weighted by molar-refractivity contribution is 7.92. The average Bonchev–Trinajstić information content (AvgIpc) is 3.67. The van der Waals surface area contributed by atoms with Gasteiger partial charge in [0.25, 0.3) is 15.9 Å². The van der Waals surface area contributed by atoms with Gasteiger partial charge < -0.3 is 9.26 Å². The molecular weight excluding hydrogens is 566 g/mol. The van der Waals surface area contributed by atoms with E-state index in [0.717, 1.165) is 68.3 Å². The Morgan fingerprint density at radius 2 is 1.91 bits per heavy atom. The van der Waals surface area contributed by atoms with Crippen molar-refractivity contribution in [1.29, 1.82) is 0 Å². The molecule has 2 aromatic heterocycles.